The minimum atomic E-state index is -0.994. The van der Waals surface area contributed by atoms with Crippen molar-refractivity contribution in [2.75, 3.05) is 0 Å². The molecule has 0 heterocycles. The molecular formula is C14H26O2. The fourth-order valence-electron chi connectivity index (χ4n) is 1.57. The molecular weight excluding hydrogens is 200 g/mol. The SMILES string of the molecule is CC(C)CC(C)(O)C#CC(O)C(C)C(C)C. The van der Waals surface area contributed by atoms with E-state index in [-0.39, 0.29) is 5.92 Å². The van der Waals surface area contributed by atoms with Crippen molar-refractivity contribution in [2.45, 2.75) is 59.7 Å². The minimum Gasteiger partial charge on any atom is -0.380 e. The molecule has 2 heteroatoms. The highest BCUT2D eigenvalue weighted by atomic mass is 16.3. The Bertz CT molecular complexity index is 256. The lowest BCUT2D eigenvalue weighted by atomic mass is 9.90. The molecule has 0 aromatic carbocycles. The van der Waals surface area contributed by atoms with E-state index < -0.39 is 11.7 Å². The normalized spacial score (nSPS) is 18.9. The van der Waals surface area contributed by atoms with Gasteiger partial charge in [-0.25, -0.2) is 0 Å². The van der Waals surface area contributed by atoms with Gasteiger partial charge < -0.3 is 10.2 Å². The lowest BCUT2D eigenvalue weighted by Crippen LogP contribution is -2.26. The van der Waals surface area contributed by atoms with Gasteiger partial charge in [0, 0.05) is 0 Å². The zero-order valence-electron chi connectivity index (χ0n) is 11.4. The number of hydrogen-bond acceptors (Lipinski definition) is 2. The van der Waals surface area contributed by atoms with Crippen LogP contribution in [0.5, 0.6) is 0 Å². The summed E-state index contributed by atoms with van der Waals surface area (Å²) in [6.45, 7) is 11.9. The van der Waals surface area contributed by atoms with Crippen LogP contribution in [-0.2, 0) is 0 Å². The van der Waals surface area contributed by atoms with Gasteiger partial charge in [0.2, 0.25) is 0 Å². The fraction of sp³-hybridized carbons (Fsp3) is 0.857. The monoisotopic (exact) mass is 226 g/mol. The van der Waals surface area contributed by atoms with Crippen LogP contribution in [-0.4, -0.2) is 21.9 Å². The Morgan fingerprint density at radius 1 is 1.12 bits per heavy atom. The van der Waals surface area contributed by atoms with E-state index >= 15 is 0 Å². The third-order valence-corrected chi connectivity index (χ3v) is 2.84. The summed E-state index contributed by atoms with van der Waals surface area (Å²) in [5.74, 6) is 6.45. The summed E-state index contributed by atoms with van der Waals surface area (Å²) in [6.07, 6.45) is -0.0263. The molecule has 3 atom stereocenters. The molecule has 0 saturated heterocycles. The largest absolute Gasteiger partial charge is 0.380 e. The molecule has 94 valence electrons. The summed E-state index contributed by atoms with van der Waals surface area (Å²) in [4.78, 5) is 0. The zero-order chi connectivity index (χ0) is 12.9. The van der Waals surface area contributed by atoms with Crippen molar-refractivity contribution in [3.8, 4) is 11.8 Å². The Balaban J connectivity index is 4.47. The highest BCUT2D eigenvalue weighted by Gasteiger charge is 2.20. The highest BCUT2D eigenvalue weighted by molar-refractivity contribution is 5.15. The van der Waals surface area contributed by atoms with E-state index in [1.165, 1.54) is 0 Å². The molecule has 0 radical (unpaired) electrons. The van der Waals surface area contributed by atoms with Gasteiger partial charge in [-0.05, 0) is 31.1 Å². The fourth-order valence-corrected chi connectivity index (χ4v) is 1.57. The lowest BCUT2D eigenvalue weighted by Gasteiger charge is -2.21. The van der Waals surface area contributed by atoms with E-state index in [1.807, 2.05) is 20.8 Å². The van der Waals surface area contributed by atoms with Crippen molar-refractivity contribution in [3.63, 3.8) is 0 Å². The molecule has 0 aliphatic heterocycles. The quantitative estimate of drug-likeness (QED) is 0.723. The van der Waals surface area contributed by atoms with Crippen LogP contribution in [0.1, 0.15) is 48.0 Å². The molecule has 3 unspecified atom stereocenters. The van der Waals surface area contributed by atoms with Gasteiger partial charge in [0.25, 0.3) is 0 Å². The minimum absolute atomic E-state index is 0.127. The number of aliphatic hydroxyl groups is 2. The third-order valence-electron chi connectivity index (χ3n) is 2.84. The molecule has 0 fully saturated rings. The first-order valence-corrected chi connectivity index (χ1v) is 6.09. The molecule has 0 saturated carbocycles. The Labute approximate surface area is 100 Å². The van der Waals surface area contributed by atoms with E-state index in [4.69, 9.17) is 0 Å². The van der Waals surface area contributed by atoms with Crippen LogP contribution < -0.4 is 0 Å². The first-order chi connectivity index (χ1) is 7.15. The number of hydrogen-bond donors (Lipinski definition) is 2. The van der Waals surface area contributed by atoms with Crippen LogP contribution in [0.3, 0.4) is 0 Å². The Morgan fingerprint density at radius 3 is 2.00 bits per heavy atom. The van der Waals surface area contributed by atoms with Gasteiger partial charge in [0.1, 0.15) is 11.7 Å². The Morgan fingerprint density at radius 2 is 1.62 bits per heavy atom. The van der Waals surface area contributed by atoms with E-state index in [0.717, 1.165) is 0 Å². The molecule has 2 nitrogen and oxygen atoms in total. The molecule has 16 heavy (non-hydrogen) atoms. The zero-order valence-corrected chi connectivity index (χ0v) is 11.4. The topological polar surface area (TPSA) is 40.5 Å². The molecule has 0 rings (SSSR count). The van der Waals surface area contributed by atoms with Gasteiger partial charge in [0.15, 0.2) is 0 Å². The predicted molar refractivity (Wildman–Crippen MR) is 67.9 cm³/mol. The average molecular weight is 226 g/mol. The van der Waals surface area contributed by atoms with Crippen LogP contribution in [0.25, 0.3) is 0 Å². The first kappa shape index (κ1) is 15.5. The first-order valence-electron chi connectivity index (χ1n) is 6.09. The maximum Gasteiger partial charge on any atom is 0.123 e. The second kappa shape index (κ2) is 6.27. The van der Waals surface area contributed by atoms with Crippen molar-refractivity contribution in [3.05, 3.63) is 0 Å². The summed E-state index contributed by atoms with van der Waals surface area (Å²) in [7, 11) is 0. The molecule has 0 aliphatic carbocycles. The highest BCUT2D eigenvalue weighted by Crippen LogP contribution is 2.17. The maximum atomic E-state index is 9.97. The van der Waals surface area contributed by atoms with Gasteiger partial charge in [-0.1, -0.05) is 46.5 Å². The van der Waals surface area contributed by atoms with Crippen molar-refractivity contribution in [1.29, 1.82) is 0 Å². The predicted octanol–water partition coefficient (Wildman–Crippen LogP) is 2.44. The van der Waals surface area contributed by atoms with Crippen LogP contribution in [0.15, 0.2) is 0 Å². The van der Waals surface area contributed by atoms with Gasteiger partial charge in [-0.2, -0.15) is 0 Å². The molecule has 0 spiro atoms. The Kier molecular flexibility index (Phi) is 6.07. The van der Waals surface area contributed by atoms with Crippen molar-refractivity contribution in [1.82, 2.24) is 0 Å². The van der Waals surface area contributed by atoms with Gasteiger partial charge in [0.05, 0.1) is 0 Å². The van der Waals surface area contributed by atoms with E-state index in [2.05, 4.69) is 25.7 Å². The second-order valence-electron chi connectivity index (χ2n) is 5.69. The summed E-state index contributed by atoms with van der Waals surface area (Å²) >= 11 is 0. The van der Waals surface area contributed by atoms with Crippen molar-refractivity contribution in [2.24, 2.45) is 17.8 Å². The standard InChI is InChI=1S/C14H26O2/c1-10(2)9-14(6,16)8-7-13(15)12(5)11(3)4/h10-13,15-16H,9H2,1-6H3. The molecule has 0 aromatic rings. The van der Waals surface area contributed by atoms with Crippen LogP contribution in [0.4, 0.5) is 0 Å². The number of rotatable bonds is 4. The molecule has 0 amide bonds. The third kappa shape index (κ3) is 6.15. The van der Waals surface area contributed by atoms with E-state index in [9.17, 15) is 10.2 Å². The average Bonchev–Trinajstić information content (AvgIpc) is 2.10. The van der Waals surface area contributed by atoms with E-state index in [0.29, 0.717) is 18.3 Å². The summed E-state index contributed by atoms with van der Waals surface area (Å²) in [5.41, 5.74) is -0.994. The van der Waals surface area contributed by atoms with Crippen LogP contribution in [0.2, 0.25) is 0 Å². The van der Waals surface area contributed by atoms with Gasteiger partial charge in [-0.15, -0.1) is 0 Å². The summed E-state index contributed by atoms with van der Waals surface area (Å²) in [5, 5.41) is 19.8. The maximum absolute atomic E-state index is 9.97. The van der Waals surface area contributed by atoms with Crippen LogP contribution in [0, 0.1) is 29.6 Å². The van der Waals surface area contributed by atoms with Gasteiger partial charge >= 0.3 is 0 Å². The molecule has 0 bridgehead atoms. The van der Waals surface area contributed by atoms with Gasteiger partial charge in [-0.3, -0.25) is 0 Å². The smallest absolute Gasteiger partial charge is 0.123 e. The second-order valence-corrected chi connectivity index (χ2v) is 5.69. The van der Waals surface area contributed by atoms with Crippen LogP contribution >= 0.6 is 0 Å². The molecule has 0 aliphatic rings. The number of aliphatic hydroxyl groups excluding tert-OH is 1. The van der Waals surface area contributed by atoms with Crippen molar-refractivity contribution < 1.29 is 10.2 Å². The van der Waals surface area contributed by atoms with Crippen molar-refractivity contribution >= 4 is 0 Å². The Hall–Kier alpha value is -0.520. The summed E-state index contributed by atoms with van der Waals surface area (Å²) < 4.78 is 0. The molecule has 2 N–H and O–H groups in total. The van der Waals surface area contributed by atoms with E-state index in [1.54, 1.807) is 6.92 Å². The lowest BCUT2D eigenvalue weighted by molar-refractivity contribution is 0.0953. The summed E-state index contributed by atoms with van der Waals surface area (Å²) in [6, 6.07) is 0. The molecule has 0 aromatic heterocycles.